The maximum atomic E-state index is 11.9. The zero-order chi connectivity index (χ0) is 11.5. The van der Waals surface area contributed by atoms with E-state index in [1.807, 2.05) is 0 Å². The minimum Gasteiger partial charge on any atom is -0.388 e. The summed E-state index contributed by atoms with van der Waals surface area (Å²) < 4.78 is 39.3. The highest BCUT2D eigenvalue weighted by Gasteiger charge is 2.27. The predicted molar refractivity (Wildman–Crippen MR) is 51.3 cm³/mol. The van der Waals surface area contributed by atoms with Gasteiger partial charge in [0.2, 0.25) is 0 Å². The summed E-state index contributed by atoms with van der Waals surface area (Å²) in [6.07, 6.45) is -4.96. The second kappa shape index (κ2) is 4.75. The average molecular weight is 240 g/mol. The number of alkyl halides is 3. The molecule has 0 saturated heterocycles. The zero-order valence-corrected chi connectivity index (χ0v) is 8.90. The monoisotopic (exact) mass is 240 g/mol. The van der Waals surface area contributed by atoms with Crippen molar-refractivity contribution in [2.45, 2.75) is 19.1 Å². The number of nitrogens with two attached hydrogens (primary N) is 1. The lowest BCUT2D eigenvalue weighted by atomic mass is 10.3. The van der Waals surface area contributed by atoms with Crippen molar-refractivity contribution in [3.05, 3.63) is 5.69 Å². The minimum atomic E-state index is -4.12. The molecule has 0 radical (unpaired) electrons. The van der Waals surface area contributed by atoms with Crippen molar-refractivity contribution in [2.24, 2.45) is 0 Å². The van der Waals surface area contributed by atoms with Crippen LogP contribution in [0.25, 0.3) is 0 Å². The van der Waals surface area contributed by atoms with Gasteiger partial charge in [-0.15, -0.1) is 5.10 Å². The Balaban J connectivity index is 2.37. The number of hydrogen-bond acceptors (Lipinski definition) is 5. The Hall–Kier alpha value is -0.890. The van der Waals surface area contributed by atoms with Gasteiger partial charge in [0, 0.05) is 24.6 Å². The van der Waals surface area contributed by atoms with Gasteiger partial charge in [-0.2, -0.15) is 13.2 Å². The molecule has 0 aliphatic carbocycles. The van der Waals surface area contributed by atoms with Gasteiger partial charge in [-0.25, -0.2) is 0 Å². The van der Waals surface area contributed by atoms with Gasteiger partial charge in [0.15, 0.2) is 0 Å². The van der Waals surface area contributed by atoms with Crippen LogP contribution in [0.3, 0.4) is 0 Å². The fourth-order valence-electron chi connectivity index (χ4n) is 0.978. The molecule has 0 atom stereocenters. The van der Waals surface area contributed by atoms with Crippen molar-refractivity contribution in [3.63, 3.8) is 0 Å². The molecule has 0 bridgehead atoms. The molecule has 0 fully saturated rings. The first-order chi connectivity index (χ1) is 6.88. The number of hydrogen-bond donors (Lipinski definition) is 1. The summed E-state index contributed by atoms with van der Waals surface area (Å²) in [6, 6.07) is 0. The molecule has 86 valence electrons. The summed E-state index contributed by atoms with van der Waals surface area (Å²) in [5.41, 5.74) is 6.05. The second-order valence-electron chi connectivity index (χ2n) is 3.19. The SMILES string of the molecule is CN(CCC(F)(F)F)Cc1nnsc1N. The van der Waals surface area contributed by atoms with Crippen LogP contribution in [0.15, 0.2) is 0 Å². The molecule has 1 rings (SSSR count). The van der Waals surface area contributed by atoms with Gasteiger partial charge in [-0.3, -0.25) is 0 Å². The highest BCUT2D eigenvalue weighted by molar-refractivity contribution is 7.09. The zero-order valence-electron chi connectivity index (χ0n) is 8.08. The predicted octanol–water partition coefficient (Wildman–Crippen LogP) is 1.50. The van der Waals surface area contributed by atoms with E-state index < -0.39 is 12.6 Å². The van der Waals surface area contributed by atoms with Crippen molar-refractivity contribution < 1.29 is 13.2 Å². The maximum absolute atomic E-state index is 11.9. The number of halogens is 3. The number of nitrogen functional groups attached to an aromatic ring is 1. The normalized spacial score (nSPS) is 12.3. The molecule has 15 heavy (non-hydrogen) atoms. The number of nitrogens with zero attached hydrogens (tertiary/aromatic N) is 3. The van der Waals surface area contributed by atoms with Crippen LogP contribution in [0.4, 0.5) is 18.2 Å². The Kier molecular flexibility index (Phi) is 3.86. The molecular weight excluding hydrogens is 229 g/mol. The van der Waals surface area contributed by atoms with Gasteiger partial charge in [0.25, 0.3) is 0 Å². The molecule has 0 aliphatic heterocycles. The number of anilines is 1. The fraction of sp³-hybridized carbons (Fsp3) is 0.714. The molecule has 0 unspecified atom stereocenters. The van der Waals surface area contributed by atoms with Crippen molar-refractivity contribution in [3.8, 4) is 0 Å². The van der Waals surface area contributed by atoms with Gasteiger partial charge in [0.1, 0.15) is 10.7 Å². The van der Waals surface area contributed by atoms with Crippen molar-refractivity contribution in [2.75, 3.05) is 19.3 Å². The van der Waals surface area contributed by atoms with Crippen molar-refractivity contribution in [1.82, 2.24) is 14.5 Å². The number of aromatic nitrogens is 2. The largest absolute Gasteiger partial charge is 0.390 e. The first kappa shape index (κ1) is 12.2. The van der Waals surface area contributed by atoms with E-state index in [1.54, 1.807) is 7.05 Å². The fourth-order valence-corrected chi connectivity index (χ4v) is 1.42. The van der Waals surface area contributed by atoms with E-state index in [9.17, 15) is 13.2 Å². The molecule has 0 spiro atoms. The van der Waals surface area contributed by atoms with Crippen LogP contribution in [0, 0.1) is 0 Å². The van der Waals surface area contributed by atoms with Gasteiger partial charge < -0.3 is 10.6 Å². The van der Waals surface area contributed by atoms with Gasteiger partial charge >= 0.3 is 6.18 Å². The van der Waals surface area contributed by atoms with E-state index in [0.717, 1.165) is 11.5 Å². The standard InChI is InChI=1S/C7H11F3N4S/c1-14(3-2-7(8,9)10)4-5-6(11)15-13-12-5/h2-4,11H2,1H3. The van der Waals surface area contributed by atoms with Crippen molar-refractivity contribution >= 4 is 16.5 Å². The summed E-state index contributed by atoms with van der Waals surface area (Å²) >= 11 is 1.04. The first-order valence-electron chi connectivity index (χ1n) is 4.20. The smallest absolute Gasteiger partial charge is 0.388 e. The van der Waals surface area contributed by atoms with Crippen LogP contribution in [0.1, 0.15) is 12.1 Å². The minimum absolute atomic E-state index is 0.0690. The molecule has 0 aromatic carbocycles. The molecule has 4 nitrogen and oxygen atoms in total. The molecule has 1 heterocycles. The van der Waals surface area contributed by atoms with Crippen LogP contribution in [-0.4, -0.2) is 34.3 Å². The third-order valence-corrected chi connectivity index (χ3v) is 2.38. The quantitative estimate of drug-likeness (QED) is 0.866. The van der Waals surface area contributed by atoms with Crippen LogP contribution in [0.5, 0.6) is 0 Å². The van der Waals surface area contributed by atoms with Crippen LogP contribution >= 0.6 is 11.5 Å². The third kappa shape index (κ3) is 4.43. The van der Waals surface area contributed by atoms with Gasteiger partial charge in [-0.05, 0) is 7.05 Å². The molecular formula is C7H11F3N4S. The molecule has 0 aliphatic rings. The average Bonchev–Trinajstić information content (AvgIpc) is 2.47. The van der Waals surface area contributed by atoms with Crippen LogP contribution in [-0.2, 0) is 6.54 Å². The summed E-state index contributed by atoms with van der Waals surface area (Å²) in [5, 5.41) is 4.17. The van der Waals surface area contributed by atoms with E-state index in [4.69, 9.17) is 5.73 Å². The maximum Gasteiger partial charge on any atom is 0.390 e. The Morgan fingerprint density at radius 2 is 2.13 bits per heavy atom. The molecule has 1 aromatic heterocycles. The van der Waals surface area contributed by atoms with Crippen LogP contribution < -0.4 is 5.73 Å². The first-order valence-corrected chi connectivity index (χ1v) is 4.98. The van der Waals surface area contributed by atoms with E-state index in [2.05, 4.69) is 9.59 Å². The Labute approximate surface area is 89.0 Å². The van der Waals surface area contributed by atoms with Crippen molar-refractivity contribution in [1.29, 1.82) is 0 Å². The lowest BCUT2D eigenvalue weighted by Gasteiger charge is -2.16. The molecule has 0 saturated carbocycles. The lowest BCUT2D eigenvalue weighted by molar-refractivity contribution is -0.137. The van der Waals surface area contributed by atoms with Gasteiger partial charge in [-0.1, -0.05) is 4.49 Å². The highest BCUT2D eigenvalue weighted by atomic mass is 32.1. The van der Waals surface area contributed by atoms with E-state index >= 15 is 0 Å². The molecule has 8 heteroatoms. The van der Waals surface area contributed by atoms with E-state index in [1.165, 1.54) is 4.90 Å². The third-order valence-electron chi connectivity index (χ3n) is 1.78. The summed E-state index contributed by atoms with van der Waals surface area (Å²) in [7, 11) is 1.59. The molecule has 2 N–H and O–H groups in total. The van der Waals surface area contributed by atoms with E-state index in [-0.39, 0.29) is 6.54 Å². The Morgan fingerprint density at radius 1 is 1.47 bits per heavy atom. The Bertz CT molecular complexity index is 311. The topological polar surface area (TPSA) is 55.0 Å². The summed E-state index contributed by atoms with van der Waals surface area (Å²) in [4.78, 5) is 1.51. The highest BCUT2D eigenvalue weighted by Crippen LogP contribution is 2.20. The summed E-state index contributed by atoms with van der Waals surface area (Å²) in [6.45, 7) is 0.221. The molecule has 1 aromatic rings. The molecule has 0 amide bonds. The number of rotatable bonds is 4. The Morgan fingerprint density at radius 3 is 2.60 bits per heavy atom. The lowest BCUT2D eigenvalue weighted by Crippen LogP contribution is -2.24. The van der Waals surface area contributed by atoms with E-state index in [0.29, 0.717) is 17.2 Å². The summed E-state index contributed by atoms with van der Waals surface area (Å²) in [5.74, 6) is 0. The van der Waals surface area contributed by atoms with Crippen LogP contribution in [0.2, 0.25) is 0 Å². The van der Waals surface area contributed by atoms with Gasteiger partial charge in [0.05, 0.1) is 6.42 Å². The second-order valence-corrected chi connectivity index (χ2v) is 3.97.